The third kappa shape index (κ3) is 3.62. The number of aromatic amines is 1. The number of benzene rings is 2. The number of nitrogens with one attached hydrogen (secondary N) is 1. The highest BCUT2D eigenvalue weighted by molar-refractivity contribution is 7.89. The number of ether oxygens (including phenoxy) is 1. The fraction of sp³-hybridized carbons (Fsp3) is 0.190. The molecular formula is C21H18ClFN2O4S. The zero-order valence-electron chi connectivity index (χ0n) is 16.0. The molecule has 4 rings (SSSR count). The maximum atomic E-state index is 13.4. The molecule has 0 spiro atoms. The van der Waals surface area contributed by atoms with Gasteiger partial charge >= 0.3 is 5.97 Å². The Morgan fingerprint density at radius 1 is 1.23 bits per heavy atom. The highest BCUT2D eigenvalue weighted by atomic mass is 35.5. The van der Waals surface area contributed by atoms with E-state index in [1.807, 2.05) is 12.3 Å². The Hall–Kier alpha value is -2.68. The van der Waals surface area contributed by atoms with Gasteiger partial charge in [-0.3, -0.25) is 0 Å². The van der Waals surface area contributed by atoms with E-state index in [9.17, 15) is 17.6 Å². The third-order valence-electron chi connectivity index (χ3n) is 5.13. The Bertz CT molecular complexity index is 1280. The SMILES string of the molecule is COC(=O)c1ccc(S(=O)(=O)N2CC=C(c3c[nH]c4cc(F)ccc34)CC2)c(Cl)c1. The van der Waals surface area contributed by atoms with E-state index in [4.69, 9.17) is 11.6 Å². The highest BCUT2D eigenvalue weighted by Gasteiger charge is 2.29. The van der Waals surface area contributed by atoms with E-state index in [1.165, 1.54) is 41.7 Å². The molecule has 1 aromatic heterocycles. The minimum atomic E-state index is -3.83. The van der Waals surface area contributed by atoms with Crippen molar-refractivity contribution in [2.45, 2.75) is 11.3 Å². The molecule has 0 saturated carbocycles. The summed E-state index contributed by atoms with van der Waals surface area (Å²) in [5, 5.41) is 0.853. The lowest BCUT2D eigenvalue weighted by Crippen LogP contribution is -2.34. The summed E-state index contributed by atoms with van der Waals surface area (Å²) < 4.78 is 45.5. The first-order chi connectivity index (χ1) is 14.3. The van der Waals surface area contributed by atoms with Crippen LogP contribution in [0.25, 0.3) is 16.5 Å². The summed E-state index contributed by atoms with van der Waals surface area (Å²) in [6, 6.07) is 8.52. The van der Waals surface area contributed by atoms with Gasteiger partial charge in [0.05, 0.1) is 17.7 Å². The quantitative estimate of drug-likeness (QED) is 0.606. The van der Waals surface area contributed by atoms with Gasteiger partial charge in [0, 0.05) is 35.8 Å². The molecule has 0 aliphatic carbocycles. The summed E-state index contributed by atoms with van der Waals surface area (Å²) in [4.78, 5) is 14.6. The van der Waals surface area contributed by atoms with Crippen molar-refractivity contribution in [1.29, 1.82) is 0 Å². The Morgan fingerprint density at radius 2 is 2.03 bits per heavy atom. The van der Waals surface area contributed by atoms with E-state index < -0.39 is 16.0 Å². The molecule has 0 bridgehead atoms. The van der Waals surface area contributed by atoms with E-state index in [2.05, 4.69) is 9.72 Å². The van der Waals surface area contributed by atoms with Crippen molar-refractivity contribution in [3.8, 4) is 0 Å². The molecule has 156 valence electrons. The second kappa shape index (κ2) is 7.86. The van der Waals surface area contributed by atoms with E-state index in [0.717, 1.165) is 16.5 Å². The van der Waals surface area contributed by atoms with Crippen LogP contribution in [0.3, 0.4) is 0 Å². The number of aromatic nitrogens is 1. The number of halogens is 2. The maximum absolute atomic E-state index is 13.4. The number of sulfonamides is 1. The van der Waals surface area contributed by atoms with Crippen molar-refractivity contribution >= 4 is 44.1 Å². The molecule has 2 aromatic carbocycles. The monoisotopic (exact) mass is 448 g/mol. The summed E-state index contributed by atoms with van der Waals surface area (Å²) in [7, 11) is -2.60. The number of carbonyl (C=O) groups excluding carboxylic acids is 1. The zero-order chi connectivity index (χ0) is 21.5. The van der Waals surface area contributed by atoms with Crippen molar-refractivity contribution < 1.29 is 22.3 Å². The molecule has 0 unspecified atom stereocenters. The van der Waals surface area contributed by atoms with E-state index in [1.54, 1.807) is 6.07 Å². The highest BCUT2D eigenvalue weighted by Crippen LogP contribution is 2.32. The minimum Gasteiger partial charge on any atom is -0.465 e. The Morgan fingerprint density at radius 3 is 2.70 bits per heavy atom. The Kier molecular flexibility index (Phi) is 5.40. The lowest BCUT2D eigenvalue weighted by molar-refractivity contribution is 0.0600. The van der Waals surface area contributed by atoms with Crippen LogP contribution < -0.4 is 0 Å². The number of methoxy groups -OCH3 is 1. The van der Waals surface area contributed by atoms with Crippen molar-refractivity contribution in [3.63, 3.8) is 0 Å². The molecular weight excluding hydrogens is 431 g/mol. The minimum absolute atomic E-state index is 0.0358. The second-order valence-corrected chi connectivity index (χ2v) is 9.19. The summed E-state index contributed by atoms with van der Waals surface area (Å²) >= 11 is 6.16. The van der Waals surface area contributed by atoms with Gasteiger partial charge in [0.15, 0.2) is 0 Å². The average Bonchev–Trinajstić information content (AvgIpc) is 3.16. The van der Waals surface area contributed by atoms with E-state index in [-0.39, 0.29) is 34.4 Å². The molecule has 0 amide bonds. The first-order valence-corrected chi connectivity index (χ1v) is 11.0. The fourth-order valence-corrected chi connectivity index (χ4v) is 5.47. The van der Waals surface area contributed by atoms with Gasteiger partial charge in [0.2, 0.25) is 10.0 Å². The van der Waals surface area contributed by atoms with Crippen LogP contribution in [0.1, 0.15) is 22.3 Å². The number of rotatable bonds is 4. The predicted octanol–water partition coefficient (Wildman–Crippen LogP) is 4.23. The van der Waals surface area contributed by atoms with Gasteiger partial charge in [0.1, 0.15) is 10.7 Å². The van der Waals surface area contributed by atoms with Crippen LogP contribution in [-0.4, -0.2) is 43.9 Å². The van der Waals surface area contributed by atoms with Crippen molar-refractivity contribution in [2.24, 2.45) is 0 Å². The Balaban J connectivity index is 1.59. The average molecular weight is 449 g/mol. The maximum Gasteiger partial charge on any atom is 0.337 e. The Labute approximate surface area is 178 Å². The van der Waals surface area contributed by atoms with Crippen molar-refractivity contribution in [2.75, 3.05) is 20.2 Å². The number of nitrogens with zero attached hydrogens (tertiary/aromatic N) is 1. The van der Waals surface area contributed by atoms with Crippen LogP contribution in [0.2, 0.25) is 5.02 Å². The van der Waals surface area contributed by atoms with Gasteiger partial charge in [-0.25, -0.2) is 17.6 Å². The van der Waals surface area contributed by atoms with Crippen LogP contribution in [0.5, 0.6) is 0 Å². The van der Waals surface area contributed by atoms with Gasteiger partial charge in [-0.05, 0) is 48.4 Å². The van der Waals surface area contributed by atoms with Crippen LogP contribution in [0.4, 0.5) is 4.39 Å². The van der Waals surface area contributed by atoms with Gasteiger partial charge in [-0.1, -0.05) is 17.7 Å². The molecule has 0 atom stereocenters. The molecule has 6 nitrogen and oxygen atoms in total. The molecule has 1 aliphatic heterocycles. The van der Waals surface area contributed by atoms with E-state index in [0.29, 0.717) is 11.9 Å². The predicted molar refractivity (Wildman–Crippen MR) is 112 cm³/mol. The first kappa shape index (κ1) is 20.6. The number of carbonyl (C=O) groups is 1. The van der Waals surface area contributed by atoms with Crippen molar-refractivity contribution in [3.05, 3.63) is 70.6 Å². The lowest BCUT2D eigenvalue weighted by atomic mass is 10.00. The van der Waals surface area contributed by atoms with E-state index >= 15 is 0 Å². The summed E-state index contributed by atoms with van der Waals surface area (Å²) in [5.41, 5.74) is 2.80. The molecule has 0 fully saturated rings. The zero-order valence-corrected chi connectivity index (χ0v) is 17.6. The third-order valence-corrected chi connectivity index (χ3v) is 7.48. The molecule has 9 heteroatoms. The second-order valence-electron chi connectivity index (χ2n) is 6.87. The number of hydrogen-bond donors (Lipinski definition) is 1. The van der Waals surface area contributed by atoms with Crippen LogP contribution >= 0.6 is 11.6 Å². The van der Waals surface area contributed by atoms with Crippen LogP contribution in [-0.2, 0) is 14.8 Å². The van der Waals surface area contributed by atoms with Gasteiger partial charge < -0.3 is 9.72 Å². The topological polar surface area (TPSA) is 79.5 Å². The van der Waals surface area contributed by atoms with Gasteiger partial charge in [0.25, 0.3) is 0 Å². The molecule has 1 aliphatic rings. The molecule has 0 radical (unpaired) electrons. The van der Waals surface area contributed by atoms with Gasteiger partial charge in [-0.15, -0.1) is 0 Å². The lowest BCUT2D eigenvalue weighted by Gasteiger charge is -2.26. The molecule has 3 aromatic rings. The largest absolute Gasteiger partial charge is 0.465 e. The van der Waals surface area contributed by atoms with Crippen LogP contribution in [0.15, 0.2) is 53.6 Å². The summed E-state index contributed by atoms with van der Waals surface area (Å²) in [5.74, 6) is -0.911. The summed E-state index contributed by atoms with van der Waals surface area (Å²) in [6.07, 6.45) is 4.16. The molecule has 2 heterocycles. The van der Waals surface area contributed by atoms with Crippen LogP contribution in [0, 0.1) is 5.82 Å². The number of fused-ring (bicyclic) bond motifs is 1. The first-order valence-electron chi connectivity index (χ1n) is 9.15. The number of H-pyrrole nitrogens is 1. The number of hydrogen-bond acceptors (Lipinski definition) is 4. The smallest absolute Gasteiger partial charge is 0.337 e. The number of esters is 1. The summed E-state index contributed by atoms with van der Waals surface area (Å²) in [6.45, 7) is 0.456. The molecule has 30 heavy (non-hydrogen) atoms. The molecule has 1 N–H and O–H groups in total. The van der Waals surface area contributed by atoms with Crippen molar-refractivity contribution in [1.82, 2.24) is 9.29 Å². The molecule has 0 saturated heterocycles. The standard InChI is InChI=1S/C21H18ClFN2O4S/c1-29-21(26)14-2-5-20(18(22)10-14)30(27,28)25-8-6-13(7-9-25)17-12-24-19-11-15(23)3-4-16(17)19/h2-6,10-12,24H,7-9H2,1H3. The van der Waals surface area contributed by atoms with Gasteiger partial charge in [-0.2, -0.15) is 4.31 Å². The fourth-order valence-electron chi connectivity index (χ4n) is 3.57. The normalized spacial score (nSPS) is 15.2.